The molecule has 106 valence electrons. The van der Waals surface area contributed by atoms with Crippen molar-refractivity contribution in [2.75, 3.05) is 0 Å². The van der Waals surface area contributed by atoms with Crippen molar-refractivity contribution in [1.29, 1.82) is 0 Å². The van der Waals surface area contributed by atoms with Crippen molar-refractivity contribution in [3.8, 4) is 0 Å². The van der Waals surface area contributed by atoms with Gasteiger partial charge in [-0.25, -0.2) is 9.59 Å². The molecule has 1 aliphatic rings. The molecule has 1 fully saturated rings. The van der Waals surface area contributed by atoms with Crippen molar-refractivity contribution in [3.05, 3.63) is 35.9 Å². The molecule has 1 heterocycles. The molecule has 0 spiro atoms. The predicted molar refractivity (Wildman–Crippen MR) is 69.3 cm³/mol. The van der Waals surface area contributed by atoms with Gasteiger partial charge in [0.25, 0.3) is 5.91 Å². The average Bonchev–Trinajstić information content (AvgIpc) is 2.46. The number of carbonyl (C=O) groups is 3. The van der Waals surface area contributed by atoms with Crippen molar-refractivity contribution in [2.24, 2.45) is 0 Å². The highest BCUT2D eigenvalue weighted by atomic mass is 16.4. The number of piperidine rings is 1. The van der Waals surface area contributed by atoms with Crippen LogP contribution in [-0.4, -0.2) is 45.0 Å². The number of hydrogen-bond donors (Lipinski definition) is 2. The molecular weight excluding hydrogens is 262 g/mol. The van der Waals surface area contributed by atoms with Crippen LogP contribution in [0.2, 0.25) is 0 Å². The maximum atomic E-state index is 12.4. The van der Waals surface area contributed by atoms with Crippen LogP contribution in [0, 0.1) is 0 Å². The fourth-order valence-corrected chi connectivity index (χ4v) is 2.50. The van der Waals surface area contributed by atoms with E-state index in [-0.39, 0.29) is 12.8 Å². The maximum Gasteiger partial charge on any atom is 0.326 e. The van der Waals surface area contributed by atoms with Crippen LogP contribution in [0.4, 0.5) is 0 Å². The molecule has 1 amide bonds. The highest BCUT2D eigenvalue weighted by Crippen LogP contribution is 2.25. The smallest absolute Gasteiger partial charge is 0.326 e. The summed E-state index contributed by atoms with van der Waals surface area (Å²) >= 11 is 0. The lowest BCUT2D eigenvalue weighted by atomic mass is 9.94. The summed E-state index contributed by atoms with van der Waals surface area (Å²) in [5.74, 6) is -2.88. The Bertz CT molecular complexity index is 506. The van der Waals surface area contributed by atoms with Gasteiger partial charge in [-0.2, -0.15) is 0 Å². The van der Waals surface area contributed by atoms with Gasteiger partial charge in [-0.15, -0.1) is 0 Å². The third kappa shape index (κ3) is 2.64. The lowest BCUT2D eigenvalue weighted by molar-refractivity contribution is -0.151. The van der Waals surface area contributed by atoms with Gasteiger partial charge >= 0.3 is 11.9 Å². The molecule has 1 aromatic carbocycles. The van der Waals surface area contributed by atoms with Gasteiger partial charge in [-0.1, -0.05) is 18.2 Å². The molecule has 0 radical (unpaired) electrons. The number of hydrogen-bond acceptors (Lipinski definition) is 3. The van der Waals surface area contributed by atoms with Crippen LogP contribution in [0.3, 0.4) is 0 Å². The number of carboxylic acids is 2. The van der Waals surface area contributed by atoms with Crippen molar-refractivity contribution in [3.63, 3.8) is 0 Å². The van der Waals surface area contributed by atoms with E-state index >= 15 is 0 Å². The first kappa shape index (κ1) is 14.0. The molecule has 1 aliphatic heterocycles. The molecule has 0 bridgehead atoms. The molecule has 2 N–H and O–H groups in total. The second kappa shape index (κ2) is 5.73. The first-order valence-electron chi connectivity index (χ1n) is 6.35. The van der Waals surface area contributed by atoms with Gasteiger partial charge in [-0.05, 0) is 31.4 Å². The van der Waals surface area contributed by atoms with Crippen LogP contribution in [0.1, 0.15) is 29.6 Å². The molecule has 0 saturated carbocycles. The van der Waals surface area contributed by atoms with E-state index in [0.717, 1.165) is 4.90 Å². The first-order valence-corrected chi connectivity index (χ1v) is 6.35. The molecule has 0 aromatic heterocycles. The fraction of sp³-hybridized carbons (Fsp3) is 0.357. The third-order valence-corrected chi connectivity index (χ3v) is 3.45. The summed E-state index contributed by atoms with van der Waals surface area (Å²) in [5.41, 5.74) is 0.298. The summed E-state index contributed by atoms with van der Waals surface area (Å²) < 4.78 is 0. The zero-order valence-corrected chi connectivity index (χ0v) is 10.7. The number of likely N-dealkylation sites (tertiary alicyclic amines) is 1. The van der Waals surface area contributed by atoms with E-state index in [1.807, 2.05) is 0 Å². The van der Waals surface area contributed by atoms with Crippen molar-refractivity contribution < 1.29 is 24.6 Å². The van der Waals surface area contributed by atoms with Crippen LogP contribution in [0.5, 0.6) is 0 Å². The molecule has 0 unspecified atom stereocenters. The lowest BCUT2D eigenvalue weighted by Crippen LogP contribution is -2.56. The molecule has 2 atom stereocenters. The number of benzene rings is 1. The maximum absolute atomic E-state index is 12.4. The Labute approximate surface area is 115 Å². The van der Waals surface area contributed by atoms with Gasteiger partial charge in [0.15, 0.2) is 0 Å². The van der Waals surface area contributed by atoms with E-state index in [9.17, 15) is 24.6 Å². The number of carbonyl (C=O) groups excluding carboxylic acids is 1. The summed E-state index contributed by atoms with van der Waals surface area (Å²) in [6.07, 6.45) is 1.03. The van der Waals surface area contributed by atoms with Gasteiger partial charge in [0, 0.05) is 5.56 Å². The van der Waals surface area contributed by atoms with E-state index in [4.69, 9.17) is 0 Å². The second-order valence-electron chi connectivity index (χ2n) is 4.72. The van der Waals surface area contributed by atoms with Crippen LogP contribution >= 0.6 is 0 Å². The summed E-state index contributed by atoms with van der Waals surface area (Å²) in [4.78, 5) is 36.0. The van der Waals surface area contributed by atoms with E-state index in [1.54, 1.807) is 30.3 Å². The number of carboxylic acid groups (broad SMARTS) is 2. The largest absolute Gasteiger partial charge is 0.480 e. The quantitative estimate of drug-likeness (QED) is 0.866. The SMILES string of the molecule is O=C(O)[C@H]1CCC[C@H](C(=O)O)N1C(=O)c1ccccc1. The van der Waals surface area contributed by atoms with Gasteiger partial charge in [-0.3, -0.25) is 4.79 Å². The average molecular weight is 277 g/mol. The molecule has 2 rings (SSSR count). The number of nitrogens with zero attached hydrogens (tertiary/aromatic N) is 1. The third-order valence-electron chi connectivity index (χ3n) is 3.45. The zero-order chi connectivity index (χ0) is 14.7. The standard InChI is InChI=1S/C14H15NO5/c16-12(9-5-2-1-3-6-9)15-10(13(17)18)7-4-8-11(15)14(19)20/h1-3,5-6,10-11H,4,7-8H2,(H,17,18)(H,19,20)/t10-,11-/m1/s1. The van der Waals surface area contributed by atoms with Crippen molar-refractivity contribution in [1.82, 2.24) is 4.90 Å². The van der Waals surface area contributed by atoms with E-state index in [1.165, 1.54) is 0 Å². The minimum Gasteiger partial charge on any atom is -0.480 e. The van der Waals surface area contributed by atoms with Crippen LogP contribution in [-0.2, 0) is 9.59 Å². The molecular formula is C14H15NO5. The molecule has 6 nitrogen and oxygen atoms in total. The summed E-state index contributed by atoms with van der Waals surface area (Å²) in [6.45, 7) is 0. The Morgan fingerprint density at radius 1 is 0.950 bits per heavy atom. The van der Waals surface area contributed by atoms with Gasteiger partial charge in [0.2, 0.25) is 0 Å². The molecule has 1 aromatic rings. The Morgan fingerprint density at radius 2 is 1.45 bits per heavy atom. The van der Waals surface area contributed by atoms with Gasteiger partial charge in [0.05, 0.1) is 0 Å². The summed E-state index contributed by atoms with van der Waals surface area (Å²) in [7, 11) is 0. The monoisotopic (exact) mass is 277 g/mol. The number of aliphatic carboxylic acids is 2. The normalized spacial score (nSPS) is 22.3. The van der Waals surface area contributed by atoms with Crippen LogP contribution in [0.25, 0.3) is 0 Å². The highest BCUT2D eigenvalue weighted by molar-refractivity contribution is 5.99. The number of rotatable bonds is 3. The molecule has 6 heteroatoms. The minimum atomic E-state index is -1.17. The molecule has 0 aliphatic carbocycles. The van der Waals surface area contributed by atoms with E-state index in [0.29, 0.717) is 12.0 Å². The Balaban J connectivity index is 2.37. The Morgan fingerprint density at radius 3 is 1.90 bits per heavy atom. The first-order chi connectivity index (χ1) is 9.52. The summed E-state index contributed by atoms with van der Waals surface area (Å²) in [6, 6.07) is 5.97. The molecule has 1 saturated heterocycles. The van der Waals surface area contributed by atoms with Crippen molar-refractivity contribution >= 4 is 17.8 Å². The number of amides is 1. The van der Waals surface area contributed by atoms with Crippen molar-refractivity contribution in [2.45, 2.75) is 31.3 Å². The minimum absolute atomic E-state index is 0.275. The van der Waals surface area contributed by atoms with Gasteiger partial charge in [0.1, 0.15) is 12.1 Å². The van der Waals surface area contributed by atoms with Gasteiger partial charge < -0.3 is 15.1 Å². The van der Waals surface area contributed by atoms with E-state index < -0.39 is 29.9 Å². The topological polar surface area (TPSA) is 94.9 Å². The Kier molecular flexibility index (Phi) is 4.02. The van der Waals surface area contributed by atoms with Crippen LogP contribution in [0.15, 0.2) is 30.3 Å². The zero-order valence-electron chi connectivity index (χ0n) is 10.7. The summed E-state index contributed by atoms with van der Waals surface area (Å²) in [5, 5.41) is 18.4. The van der Waals surface area contributed by atoms with E-state index in [2.05, 4.69) is 0 Å². The van der Waals surface area contributed by atoms with Crippen LogP contribution < -0.4 is 0 Å². The molecule has 20 heavy (non-hydrogen) atoms. The Hall–Kier alpha value is -2.37. The fourth-order valence-electron chi connectivity index (χ4n) is 2.50. The lowest BCUT2D eigenvalue weighted by Gasteiger charge is -2.37. The second-order valence-corrected chi connectivity index (χ2v) is 4.72. The predicted octanol–water partition coefficient (Wildman–Crippen LogP) is 1.22. The highest BCUT2D eigenvalue weighted by Gasteiger charge is 2.41.